The molecule has 0 radical (unpaired) electrons. The number of ketones is 1. The van der Waals surface area contributed by atoms with Crippen molar-refractivity contribution in [1.29, 1.82) is 0 Å². The summed E-state index contributed by atoms with van der Waals surface area (Å²) in [6, 6.07) is 9.58. The molecule has 168 valence electrons. The number of hydrogen-bond acceptors (Lipinski definition) is 5. The average Bonchev–Trinajstić information content (AvgIpc) is 3.26. The number of nitrogens with one attached hydrogen (secondary N) is 2. The molecule has 1 aliphatic heterocycles. The predicted octanol–water partition coefficient (Wildman–Crippen LogP) is 3.86. The van der Waals surface area contributed by atoms with E-state index >= 15 is 0 Å². The van der Waals surface area contributed by atoms with Gasteiger partial charge >= 0.3 is 0 Å². The van der Waals surface area contributed by atoms with Crippen LogP contribution < -0.4 is 10.2 Å². The van der Waals surface area contributed by atoms with Gasteiger partial charge in [0.25, 0.3) is 5.91 Å². The standard InChI is InChI=1S/C25H31N5O2/c1-25(2,3)19-8-6-18(7-9-19)24(32)27-14-20(31)13-17-5-4-12-30(15-17)23-21-10-11-26-22(21)28-16-29-23/h6-11,16-17H,4-5,12-15H2,1-3H3,(H,27,32)(H,26,28,29). The van der Waals surface area contributed by atoms with Crippen molar-refractivity contribution in [3.63, 3.8) is 0 Å². The molecular weight excluding hydrogens is 402 g/mol. The van der Waals surface area contributed by atoms with Crippen molar-refractivity contribution < 1.29 is 9.59 Å². The molecule has 0 aliphatic carbocycles. The second-order valence-corrected chi connectivity index (χ2v) is 9.64. The Labute approximate surface area is 188 Å². The normalized spacial score (nSPS) is 16.8. The van der Waals surface area contributed by atoms with Gasteiger partial charge in [0, 0.05) is 31.3 Å². The SMILES string of the molecule is CC(C)(C)c1ccc(C(=O)NCC(=O)CC2CCCN(c3ncnc4[nH]ccc34)C2)cc1. The zero-order chi connectivity index (χ0) is 22.7. The number of anilines is 1. The van der Waals surface area contributed by atoms with Gasteiger partial charge in [-0.1, -0.05) is 32.9 Å². The molecule has 0 spiro atoms. The lowest BCUT2D eigenvalue weighted by Crippen LogP contribution is -2.38. The van der Waals surface area contributed by atoms with Crippen LogP contribution in [0.25, 0.3) is 11.0 Å². The summed E-state index contributed by atoms with van der Waals surface area (Å²) in [5.74, 6) is 1.02. The Morgan fingerprint density at radius 3 is 2.69 bits per heavy atom. The Balaban J connectivity index is 1.30. The van der Waals surface area contributed by atoms with E-state index in [9.17, 15) is 9.59 Å². The van der Waals surface area contributed by atoms with Gasteiger partial charge in [0.2, 0.25) is 0 Å². The quantitative estimate of drug-likeness (QED) is 0.616. The van der Waals surface area contributed by atoms with Gasteiger partial charge in [-0.15, -0.1) is 0 Å². The molecule has 32 heavy (non-hydrogen) atoms. The highest BCUT2D eigenvalue weighted by atomic mass is 16.2. The van der Waals surface area contributed by atoms with Crippen LogP contribution >= 0.6 is 0 Å². The van der Waals surface area contributed by atoms with Gasteiger partial charge in [-0.05, 0) is 47.9 Å². The number of rotatable bonds is 6. The summed E-state index contributed by atoms with van der Waals surface area (Å²) in [7, 11) is 0. The average molecular weight is 434 g/mol. The summed E-state index contributed by atoms with van der Waals surface area (Å²) >= 11 is 0. The molecule has 0 saturated carbocycles. The summed E-state index contributed by atoms with van der Waals surface area (Å²) in [5.41, 5.74) is 2.62. The topological polar surface area (TPSA) is 91.0 Å². The first kappa shape index (κ1) is 22.0. The molecule has 1 saturated heterocycles. The number of nitrogens with zero attached hydrogens (tertiary/aromatic N) is 3. The second-order valence-electron chi connectivity index (χ2n) is 9.64. The summed E-state index contributed by atoms with van der Waals surface area (Å²) in [6.45, 7) is 8.18. The molecule has 1 atom stereocenters. The number of carbonyl (C=O) groups is 2. The number of aromatic nitrogens is 3. The highest BCUT2D eigenvalue weighted by Gasteiger charge is 2.24. The van der Waals surface area contributed by atoms with Gasteiger partial charge in [-0.25, -0.2) is 9.97 Å². The molecule has 7 heteroatoms. The van der Waals surface area contributed by atoms with E-state index < -0.39 is 0 Å². The van der Waals surface area contributed by atoms with Crippen LogP contribution in [-0.2, 0) is 10.2 Å². The third-order valence-electron chi connectivity index (χ3n) is 6.13. The number of piperidine rings is 1. The number of carbonyl (C=O) groups excluding carboxylic acids is 2. The largest absolute Gasteiger partial charge is 0.356 e. The first-order valence-electron chi connectivity index (χ1n) is 11.2. The van der Waals surface area contributed by atoms with E-state index in [1.165, 1.54) is 5.56 Å². The van der Waals surface area contributed by atoms with Crippen molar-refractivity contribution in [3.8, 4) is 0 Å². The highest BCUT2D eigenvalue weighted by molar-refractivity contribution is 5.96. The summed E-state index contributed by atoms with van der Waals surface area (Å²) < 4.78 is 0. The number of aromatic amines is 1. The minimum Gasteiger partial charge on any atom is -0.356 e. The number of fused-ring (bicyclic) bond motifs is 1. The van der Waals surface area contributed by atoms with Gasteiger partial charge in [-0.3, -0.25) is 9.59 Å². The lowest BCUT2D eigenvalue weighted by molar-refractivity contribution is -0.119. The molecule has 3 heterocycles. The van der Waals surface area contributed by atoms with E-state index in [2.05, 4.69) is 45.9 Å². The molecule has 4 rings (SSSR count). The van der Waals surface area contributed by atoms with Gasteiger partial charge < -0.3 is 15.2 Å². The van der Waals surface area contributed by atoms with Crippen LogP contribution in [0.1, 0.15) is 56.0 Å². The Hall–Kier alpha value is -3.22. The van der Waals surface area contributed by atoms with E-state index in [1.54, 1.807) is 6.33 Å². The molecule has 1 aliphatic rings. The van der Waals surface area contributed by atoms with Crippen LogP contribution in [0.15, 0.2) is 42.9 Å². The van der Waals surface area contributed by atoms with Crippen LogP contribution in [0.2, 0.25) is 0 Å². The molecule has 1 unspecified atom stereocenters. The number of H-pyrrole nitrogens is 1. The Morgan fingerprint density at radius 1 is 1.16 bits per heavy atom. The molecule has 2 N–H and O–H groups in total. The molecule has 1 aromatic carbocycles. The van der Waals surface area contributed by atoms with Crippen molar-refractivity contribution in [2.75, 3.05) is 24.5 Å². The lowest BCUT2D eigenvalue weighted by Gasteiger charge is -2.33. The summed E-state index contributed by atoms with van der Waals surface area (Å²) in [4.78, 5) is 39.1. The van der Waals surface area contributed by atoms with Crippen molar-refractivity contribution in [3.05, 3.63) is 54.0 Å². The van der Waals surface area contributed by atoms with Gasteiger partial charge in [0.05, 0.1) is 11.9 Å². The fourth-order valence-electron chi connectivity index (χ4n) is 4.33. The molecule has 0 bridgehead atoms. The van der Waals surface area contributed by atoms with Gasteiger partial charge in [-0.2, -0.15) is 0 Å². The van der Waals surface area contributed by atoms with E-state index in [-0.39, 0.29) is 29.6 Å². The highest BCUT2D eigenvalue weighted by Crippen LogP contribution is 2.28. The van der Waals surface area contributed by atoms with Crippen molar-refractivity contribution in [2.24, 2.45) is 5.92 Å². The lowest BCUT2D eigenvalue weighted by atomic mass is 9.87. The molecule has 3 aromatic rings. The molecule has 2 aromatic heterocycles. The van der Waals surface area contributed by atoms with Crippen LogP contribution in [0.4, 0.5) is 5.82 Å². The van der Waals surface area contributed by atoms with Crippen molar-refractivity contribution in [2.45, 2.75) is 45.4 Å². The maximum Gasteiger partial charge on any atom is 0.251 e. The molecule has 7 nitrogen and oxygen atoms in total. The maximum atomic E-state index is 12.6. The molecular formula is C25H31N5O2. The van der Waals surface area contributed by atoms with E-state index in [1.807, 2.05) is 36.5 Å². The fourth-order valence-corrected chi connectivity index (χ4v) is 4.33. The minimum atomic E-state index is -0.208. The number of Topliss-reactive ketones (excluding diaryl/α,β-unsaturated/α-hetero) is 1. The first-order valence-corrected chi connectivity index (χ1v) is 11.2. The predicted molar refractivity (Wildman–Crippen MR) is 126 cm³/mol. The number of amides is 1. The molecule has 1 amide bonds. The van der Waals surface area contributed by atoms with Crippen LogP contribution in [-0.4, -0.2) is 46.3 Å². The van der Waals surface area contributed by atoms with Crippen molar-refractivity contribution >= 4 is 28.5 Å². The van der Waals surface area contributed by atoms with Crippen LogP contribution in [0, 0.1) is 5.92 Å². The van der Waals surface area contributed by atoms with Gasteiger partial charge in [0.1, 0.15) is 17.8 Å². The van der Waals surface area contributed by atoms with Crippen LogP contribution in [0.5, 0.6) is 0 Å². The van der Waals surface area contributed by atoms with Crippen LogP contribution in [0.3, 0.4) is 0 Å². The minimum absolute atomic E-state index is 0.0392. The fraction of sp³-hybridized carbons (Fsp3) is 0.440. The zero-order valence-corrected chi connectivity index (χ0v) is 19.0. The van der Waals surface area contributed by atoms with E-state index in [4.69, 9.17) is 0 Å². The van der Waals surface area contributed by atoms with Crippen molar-refractivity contribution in [1.82, 2.24) is 20.3 Å². The number of hydrogen-bond donors (Lipinski definition) is 2. The number of benzene rings is 1. The van der Waals surface area contributed by atoms with Gasteiger partial charge in [0.15, 0.2) is 5.78 Å². The summed E-state index contributed by atoms with van der Waals surface area (Å²) in [5, 5.41) is 3.79. The first-order chi connectivity index (χ1) is 15.3. The Bertz CT molecular complexity index is 1100. The summed E-state index contributed by atoms with van der Waals surface area (Å²) in [6.07, 6.45) is 5.92. The van der Waals surface area contributed by atoms with E-state index in [0.29, 0.717) is 12.0 Å². The smallest absolute Gasteiger partial charge is 0.251 e. The Morgan fingerprint density at radius 2 is 1.94 bits per heavy atom. The zero-order valence-electron chi connectivity index (χ0n) is 19.0. The Kier molecular flexibility index (Phi) is 6.26. The third kappa shape index (κ3) is 4.98. The molecule has 1 fully saturated rings. The third-order valence-corrected chi connectivity index (χ3v) is 6.13. The second kappa shape index (κ2) is 9.10. The monoisotopic (exact) mass is 433 g/mol. The maximum absolute atomic E-state index is 12.6. The van der Waals surface area contributed by atoms with E-state index in [0.717, 1.165) is 42.8 Å².